The highest BCUT2D eigenvalue weighted by Gasteiger charge is 2.42. The molecule has 9 aromatic carbocycles. The minimum Gasteiger partial charge on any atom is -0.309 e. The van der Waals surface area contributed by atoms with Crippen molar-refractivity contribution in [1.29, 1.82) is 0 Å². The summed E-state index contributed by atoms with van der Waals surface area (Å²) in [6.45, 7) is 0. The second-order valence-electron chi connectivity index (χ2n) is 16.2. The average molecular weight is 823 g/mol. The minimum absolute atomic E-state index is 0.787. The Labute approximate surface area is 363 Å². The molecule has 0 radical (unpaired) electrons. The molecular formula is C56H38N6Si. The highest BCUT2D eigenvalue weighted by atomic mass is 28.3. The van der Waals surface area contributed by atoms with E-state index >= 15 is 0 Å². The van der Waals surface area contributed by atoms with Crippen molar-refractivity contribution in [3.05, 3.63) is 231 Å². The van der Waals surface area contributed by atoms with Crippen LogP contribution in [0.3, 0.4) is 0 Å². The maximum absolute atomic E-state index is 5.44. The van der Waals surface area contributed by atoms with Crippen LogP contribution in [0.25, 0.3) is 77.8 Å². The van der Waals surface area contributed by atoms with Crippen LogP contribution in [0.5, 0.6) is 0 Å². The molecule has 0 saturated carbocycles. The summed E-state index contributed by atoms with van der Waals surface area (Å²) in [5, 5.41) is 7.67. The van der Waals surface area contributed by atoms with Crippen LogP contribution >= 0.6 is 0 Å². The van der Waals surface area contributed by atoms with Gasteiger partial charge in [0.15, 0.2) is 8.07 Å². The van der Waals surface area contributed by atoms with Crippen molar-refractivity contribution in [1.82, 2.24) is 27.9 Å². The van der Waals surface area contributed by atoms with Crippen molar-refractivity contribution < 1.29 is 0 Å². The van der Waals surface area contributed by atoms with Gasteiger partial charge in [0, 0.05) is 16.5 Å². The lowest BCUT2D eigenvalue weighted by molar-refractivity contribution is 1.03. The molecule has 0 aliphatic heterocycles. The Morgan fingerprint density at radius 3 is 1.32 bits per heavy atom. The standard InChI is InChI=1S/C56H38N6Si/c1-4-19-39(20-5-1)60-55-57-47-29-12-16-33-51(47)61(55)53-36-35-44(38-54(53)62-52-34-17-13-30-48(52)58-56(60)62)63(41-22-6-2-7-23-41,42-24-8-3-9-25-42)43-26-18-21-40(37-43)59-49-31-14-10-27-45(49)46-28-11-15-32-50(46)59/h1-38H. The quantitative estimate of drug-likeness (QED) is 0.124. The van der Waals surface area contributed by atoms with Crippen LogP contribution in [-0.2, 0) is 0 Å². The van der Waals surface area contributed by atoms with E-state index in [-0.39, 0.29) is 0 Å². The van der Waals surface area contributed by atoms with Gasteiger partial charge in [0.25, 0.3) is 0 Å². The number of benzene rings is 9. The van der Waals surface area contributed by atoms with Crippen LogP contribution in [0.15, 0.2) is 231 Å². The van der Waals surface area contributed by atoms with Crippen LogP contribution < -0.4 is 20.7 Å². The summed E-state index contributed by atoms with van der Waals surface area (Å²) < 4.78 is 9.33. The highest BCUT2D eigenvalue weighted by Crippen LogP contribution is 2.33. The van der Waals surface area contributed by atoms with E-state index in [4.69, 9.17) is 9.97 Å². The van der Waals surface area contributed by atoms with Gasteiger partial charge in [0.2, 0.25) is 11.6 Å². The number of aromatic nitrogens is 6. The van der Waals surface area contributed by atoms with E-state index in [1.807, 2.05) is 0 Å². The number of hydrogen-bond acceptors (Lipinski definition) is 2. The molecule has 0 fully saturated rings. The predicted molar refractivity (Wildman–Crippen MR) is 263 cm³/mol. The van der Waals surface area contributed by atoms with E-state index in [2.05, 4.69) is 248 Å². The maximum atomic E-state index is 5.44. The zero-order valence-electron chi connectivity index (χ0n) is 34.1. The molecule has 0 unspecified atom stereocenters. The molecule has 0 bridgehead atoms. The fourth-order valence-corrected chi connectivity index (χ4v) is 15.1. The summed E-state index contributed by atoms with van der Waals surface area (Å²) in [7, 11) is -3.12. The summed E-state index contributed by atoms with van der Waals surface area (Å²) in [5.74, 6) is 1.58. The summed E-state index contributed by atoms with van der Waals surface area (Å²) >= 11 is 0. The third-order valence-corrected chi connectivity index (χ3v) is 17.7. The predicted octanol–water partition coefficient (Wildman–Crippen LogP) is 10.3. The smallest absolute Gasteiger partial charge is 0.223 e. The lowest BCUT2D eigenvalue weighted by Crippen LogP contribution is -2.74. The van der Waals surface area contributed by atoms with Crippen LogP contribution in [0.1, 0.15) is 0 Å². The number of para-hydroxylation sites is 7. The first kappa shape index (κ1) is 35.5. The van der Waals surface area contributed by atoms with Crippen molar-refractivity contribution in [3.8, 4) is 11.4 Å². The van der Waals surface area contributed by atoms with Gasteiger partial charge in [-0.25, -0.2) is 14.5 Å². The van der Waals surface area contributed by atoms with Crippen LogP contribution in [0, 0.1) is 0 Å². The summed E-state index contributed by atoms with van der Waals surface area (Å²) in [6, 6.07) is 83.9. The molecular weight excluding hydrogens is 785 g/mol. The van der Waals surface area contributed by atoms with Gasteiger partial charge in [-0.1, -0.05) is 158 Å². The largest absolute Gasteiger partial charge is 0.309 e. The molecule has 13 rings (SSSR count). The van der Waals surface area contributed by atoms with Crippen LogP contribution in [0.2, 0.25) is 0 Å². The first-order chi connectivity index (χ1) is 31.3. The highest BCUT2D eigenvalue weighted by molar-refractivity contribution is 7.20. The second-order valence-corrected chi connectivity index (χ2v) is 20.1. The van der Waals surface area contributed by atoms with Gasteiger partial charge in [-0.3, -0.25) is 8.80 Å². The fraction of sp³-hybridized carbons (Fsp3) is 0. The number of fused-ring (bicyclic) bond motifs is 12. The molecule has 0 N–H and O–H groups in total. The summed E-state index contributed by atoms with van der Waals surface area (Å²) in [4.78, 5) is 10.8. The molecule has 7 heteroatoms. The third-order valence-electron chi connectivity index (χ3n) is 12.9. The van der Waals surface area contributed by atoms with Crippen molar-refractivity contribution >= 4 is 95.3 Å². The fourth-order valence-electron chi connectivity index (χ4n) is 10.3. The lowest BCUT2D eigenvalue weighted by Gasteiger charge is -2.35. The van der Waals surface area contributed by atoms with Crippen molar-refractivity contribution in [2.24, 2.45) is 0 Å². The van der Waals surface area contributed by atoms with E-state index in [1.54, 1.807) is 0 Å². The topological polar surface area (TPSA) is 44.5 Å². The Hall–Kier alpha value is -8.26. The normalized spacial score (nSPS) is 12.1. The summed E-state index contributed by atoms with van der Waals surface area (Å²) in [5.41, 5.74) is 10.5. The molecule has 0 amide bonds. The van der Waals surface area contributed by atoms with Gasteiger partial charge in [0.1, 0.15) is 0 Å². The Morgan fingerprint density at radius 1 is 0.286 bits per heavy atom. The molecule has 0 aliphatic carbocycles. The molecule has 0 spiro atoms. The maximum Gasteiger partial charge on any atom is 0.223 e. The van der Waals surface area contributed by atoms with Gasteiger partial charge in [-0.2, -0.15) is 0 Å². The molecule has 13 aromatic rings. The molecule has 4 aromatic heterocycles. The molecule has 6 nitrogen and oxygen atoms in total. The van der Waals surface area contributed by atoms with Crippen molar-refractivity contribution in [2.75, 3.05) is 0 Å². The van der Waals surface area contributed by atoms with Gasteiger partial charge in [-0.15, -0.1) is 0 Å². The van der Waals surface area contributed by atoms with Crippen LogP contribution in [0.4, 0.5) is 0 Å². The zero-order chi connectivity index (χ0) is 41.5. The van der Waals surface area contributed by atoms with Gasteiger partial charge < -0.3 is 4.57 Å². The molecule has 0 atom stereocenters. The van der Waals surface area contributed by atoms with Crippen molar-refractivity contribution in [3.63, 3.8) is 0 Å². The first-order valence-corrected chi connectivity index (χ1v) is 23.4. The van der Waals surface area contributed by atoms with E-state index < -0.39 is 8.07 Å². The van der Waals surface area contributed by atoms with Crippen molar-refractivity contribution in [2.45, 2.75) is 0 Å². The molecule has 63 heavy (non-hydrogen) atoms. The van der Waals surface area contributed by atoms with Gasteiger partial charge in [-0.05, 0) is 93.5 Å². The zero-order valence-corrected chi connectivity index (χ0v) is 35.1. The Kier molecular flexibility index (Phi) is 7.82. The van der Waals surface area contributed by atoms with Gasteiger partial charge in [0.05, 0.1) is 49.8 Å². The second kappa shape index (κ2) is 13.9. The molecule has 0 aliphatic rings. The number of imidazole rings is 2. The number of nitrogens with zero attached hydrogens (tertiary/aromatic N) is 6. The number of rotatable bonds is 6. The van der Waals surface area contributed by atoms with E-state index in [1.165, 1.54) is 42.6 Å². The SMILES string of the molecule is c1ccc(-n2c3nc4ccccc4n3c3ccc([Si](c4ccccc4)(c4ccccc4)c4cccc(-n5c6ccccc6c6ccccc65)c4)cc3n3c4ccccc4nc23)cc1. The van der Waals surface area contributed by atoms with Crippen LogP contribution in [-0.4, -0.2) is 36.0 Å². The third kappa shape index (κ3) is 5.17. The van der Waals surface area contributed by atoms with E-state index in [0.717, 1.165) is 56.0 Å². The Balaban J connectivity index is 1.21. The monoisotopic (exact) mass is 822 g/mol. The van der Waals surface area contributed by atoms with E-state index in [0.29, 0.717) is 0 Å². The summed E-state index contributed by atoms with van der Waals surface area (Å²) in [6.07, 6.45) is 0. The molecule has 4 heterocycles. The molecule has 0 saturated heterocycles. The minimum atomic E-state index is -3.12. The van der Waals surface area contributed by atoms with Gasteiger partial charge >= 0.3 is 0 Å². The average Bonchev–Trinajstić information content (AvgIpc) is 4.01. The lowest BCUT2D eigenvalue weighted by atomic mass is 10.2. The number of hydrogen-bond donors (Lipinski definition) is 0. The Morgan fingerprint density at radius 2 is 0.730 bits per heavy atom. The van der Waals surface area contributed by atoms with E-state index in [9.17, 15) is 0 Å². The molecule has 296 valence electrons. The Bertz CT molecular complexity index is 3820. The first-order valence-electron chi connectivity index (χ1n) is 21.4.